The molecule has 0 atom stereocenters. The number of nitrogens with zero attached hydrogens (tertiary/aromatic N) is 2. The molecule has 0 bridgehead atoms. The van der Waals surface area contributed by atoms with Crippen LogP contribution >= 0.6 is 0 Å². The molecule has 0 aliphatic heterocycles. The van der Waals surface area contributed by atoms with Gasteiger partial charge in [-0.3, -0.25) is 0 Å². The fourth-order valence-electron chi connectivity index (χ4n) is 3.30. The lowest BCUT2D eigenvalue weighted by atomic mass is 10.1. The van der Waals surface area contributed by atoms with E-state index in [1.165, 1.54) is 31.1 Å². The molecule has 1 aromatic carbocycles. The van der Waals surface area contributed by atoms with Crippen molar-refractivity contribution in [1.82, 2.24) is 4.98 Å². The van der Waals surface area contributed by atoms with E-state index in [2.05, 4.69) is 22.0 Å². The van der Waals surface area contributed by atoms with E-state index in [0.717, 1.165) is 23.5 Å². The first-order chi connectivity index (χ1) is 10.3. The third kappa shape index (κ3) is 2.81. The normalized spacial score (nSPS) is 15.5. The lowest BCUT2D eigenvalue weighted by molar-refractivity contribution is 0.415. The van der Waals surface area contributed by atoms with Crippen LogP contribution in [-0.2, 0) is 0 Å². The molecule has 112 valence electrons. The molecule has 2 N–H and O–H groups in total. The monoisotopic (exact) mass is 285 g/mol. The van der Waals surface area contributed by atoms with Crippen LogP contribution in [0.3, 0.4) is 0 Å². The van der Waals surface area contributed by atoms with Crippen molar-refractivity contribution in [2.75, 3.05) is 25.1 Å². The Balaban J connectivity index is 2.07. The number of benzene rings is 1. The highest BCUT2D eigenvalue weighted by molar-refractivity contribution is 5.93. The van der Waals surface area contributed by atoms with Crippen LogP contribution in [0.5, 0.6) is 5.75 Å². The number of fused-ring (bicyclic) bond motifs is 1. The molecule has 1 aliphatic rings. The molecule has 3 rings (SSSR count). The summed E-state index contributed by atoms with van der Waals surface area (Å²) in [6.07, 6.45) is 6.98. The van der Waals surface area contributed by atoms with Crippen molar-refractivity contribution in [3.8, 4) is 5.75 Å². The number of anilines is 1. The van der Waals surface area contributed by atoms with Gasteiger partial charge in [-0.15, -0.1) is 0 Å². The summed E-state index contributed by atoms with van der Waals surface area (Å²) in [6, 6.07) is 8.78. The summed E-state index contributed by atoms with van der Waals surface area (Å²) in [4.78, 5) is 7.06. The standard InChI is InChI=1S/C17H23N3O/c1-21-15-7-6-13-8-10-19-17(16(13)12-15)20(11-9-18)14-4-2-3-5-14/h6-8,10,12,14H,2-5,9,11,18H2,1H3. The van der Waals surface area contributed by atoms with Crippen molar-refractivity contribution in [3.63, 3.8) is 0 Å². The van der Waals surface area contributed by atoms with Crippen molar-refractivity contribution < 1.29 is 4.74 Å². The minimum absolute atomic E-state index is 0.567. The molecule has 0 radical (unpaired) electrons. The first kappa shape index (κ1) is 14.1. The van der Waals surface area contributed by atoms with E-state index in [-0.39, 0.29) is 0 Å². The average molecular weight is 285 g/mol. The Morgan fingerprint density at radius 1 is 1.29 bits per heavy atom. The fourth-order valence-corrected chi connectivity index (χ4v) is 3.30. The number of hydrogen-bond donors (Lipinski definition) is 1. The van der Waals surface area contributed by atoms with E-state index in [4.69, 9.17) is 10.5 Å². The molecule has 1 aromatic heterocycles. The van der Waals surface area contributed by atoms with E-state index >= 15 is 0 Å². The average Bonchev–Trinajstić information content (AvgIpc) is 3.06. The smallest absolute Gasteiger partial charge is 0.136 e. The van der Waals surface area contributed by atoms with Gasteiger partial charge in [-0.05, 0) is 36.4 Å². The molecule has 0 spiro atoms. The van der Waals surface area contributed by atoms with Gasteiger partial charge in [-0.2, -0.15) is 0 Å². The van der Waals surface area contributed by atoms with Crippen molar-refractivity contribution in [1.29, 1.82) is 0 Å². The highest BCUT2D eigenvalue weighted by Gasteiger charge is 2.24. The maximum atomic E-state index is 5.84. The number of methoxy groups -OCH3 is 1. The molecular weight excluding hydrogens is 262 g/mol. The summed E-state index contributed by atoms with van der Waals surface area (Å²) >= 11 is 0. The highest BCUT2D eigenvalue weighted by Crippen LogP contribution is 2.33. The summed E-state index contributed by atoms with van der Waals surface area (Å²) in [5.74, 6) is 1.92. The number of pyridine rings is 1. The second-order valence-electron chi connectivity index (χ2n) is 5.64. The maximum Gasteiger partial charge on any atom is 0.136 e. The first-order valence-corrected chi connectivity index (χ1v) is 7.73. The highest BCUT2D eigenvalue weighted by atomic mass is 16.5. The van der Waals surface area contributed by atoms with Crippen LogP contribution < -0.4 is 15.4 Å². The summed E-state index contributed by atoms with van der Waals surface area (Å²) in [6.45, 7) is 1.51. The van der Waals surface area contributed by atoms with E-state index in [9.17, 15) is 0 Å². The molecule has 1 saturated carbocycles. The van der Waals surface area contributed by atoms with Crippen molar-refractivity contribution >= 4 is 16.6 Å². The zero-order chi connectivity index (χ0) is 14.7. The van der Waals surface area contributed by atoms with Gasteiger partial charge in [0.1, 0.15) is 11.6 Å². The van der Waals surface area contributed by atoms with Gasteiger partial charge in [0.2, 0.25) is 0 Å². The molecule has 21 heavy (non-hydrogen) atoms. The second kappa shape index (κ2) is 6.31. The van der Waals surface area contributed by atoms with Crippen molar-refractivity contribution in [2.45, 2.75) is 31.7 Å². The van der Waals surface area contributed by atoms with E-state index in [1.54, 1.807) is 7.11 Å². The van der Waals surface area contributed by atoms with E-state index < -0.39 is 0 Å². The predicted molar refractivity (Wildman–Crippen MR) is 87.0 cm³/mol. The zero-order valence-electron chi connectivity index (χ0n) is 12.6. The Kier molecular flexibility index (Phi) is 4.25. The largest absolute Gasteiger partial charge is 0.497 e. The van der Waals surface area contributed by atoms with Gasteiger partial charge in [0, 0.05) is 30.7 Å². The van der Waals surface area contributed by atoms with E-state index in [1.807, 2.05) is 18.3 Å². The Bertz CT molecular complexity index is 608. The summed E-state index contributed by atoms with van der Waals surface area (Å²) in [5.41, 5.74) is 5.84. The minimum atomic E-state index is 0.567. The van der Waals surface area contributed by atoms with Crippen LogP contribution in [0.25, 0.3) is 10.8 Å². The number of rotatable bonds is 5. The number of hydrogen-bond acceptors (Lipinski definition) is 4. The molecule has 0 amide bonds. The third-order valence-electron chi connectivity index (χ3n) is 4.36. The summed E-state index contributed by atoms with van der Waals surface area (Å²) in [7, 11) is 1.70. The number of aromatic nitrogens is 1. The second-order valence-corrected chi connectivity index (χ2v) is 5.64. The Hall–Kier alpha value is -1.81. The lowest BCUT2D eigenvalue weighted by Crippen LogP contribution is -2.38. The molecule has 1 heterocycles. The van der Waals surface area contributed by atoms with Crippen LogP contribution in [0.15, 0.2) is 30.5 Å². The Morgan fingerprint density at radius 2 is 2.10 bits per heavy atom. The summed E-state index contributed by atoms with van der Waals surface area (Å²) in [5, 5.41) is 2.35. The molecule has 2 aromatic rings. The molecule has 0 unspecified atom stereocenters. The predicted octanol–water partition coefficient (Wildman–Crippen LogP) is 2.95. The fraction of sp³-hybridized carbons (Fsp3) is 0.471. The molecule has 1 aliphatic carbocycles. The number of ether oxygens (including phenoxy) is 1. The molecule has 4 nitrogen and oxygen atoms in total. The zero-order valence-corrected chi connectivity index (χ0v) is 12.6. The molecule has 0 saturated heterocycles. The Morgan fingerprint density at radius 3 is 2.81 bits per heavy atom. The molecular formula is C17H23N3O. The maximum absolute atomic E-state index is 5.84. The van der Waals surface area contributed by atoms with Gasteiger partial charge in [0.15, 0.2) is 0 Å². The molecule has 4 heteroatoms. The van der Waals surface area contributed by atoms with Gasteiger partial charge in [0.25, 0.3) is 0 Å². The van der Waals surface area contributed by atoms with Crippen LogP contribution in [-0.4, -0.2) is 31.2 Å². The quantitative estimate of drug-likeness (QED) is 0.917. The van der Waals surface area contributed by atoms with Crippen LogP contribution in [0.2, 0.25) is 0 Å². The van der Waals surface area contributed by atoms with Gasteiger partial charge >= 0.3 is 0 Å². The lowest BCUT2D eigenvalue weighted by Gasteiger charge is -2.30. The van der Waals surface area contributed by atoms with Crippen LogP contribution in [0.1, 0.15) is 25.7 Å². The SMILES string of the molecule is COc1ccc2ccnc(N(CCN)C3CCCC3)c2c1. The Labute approximate surface area is 125 Å². The van der Waals surface area contributed by atoms with E-state index in [0.29, 0.717) is 12.6 Å². The number of nitrogens with two attached hydrogens (primary N) is 1. The van der Waals surface area contributed by atoms with Gasteiger partial charge < -0.3 is 15.4 Å². The van der Waals surface area contributed by atoms with Gasteiger partial charge in [-0.25, -0.2) is 4.98 Å². The third-order valence-corrected chi connectivity index (χ3v) is 4.36. The topological polar surface area (TPSA) is 51.4 Å². The van der Waals surface area contributed by atoms with Gasteiger partial charge in [0.05, 0.1) is 7.11 Å². The first-order valence-electron chi connectivity index (χ1n) is 7.73. The summed E-state index contributed by atoms with van der Waals surface area (Å²) < 4.78 is 5.37. The van der Waals surface area contributed by atoms with Crippen molar-refractivity contribution in [2.24, 2.45) is 5.73 Å². The van der Waals surface area contributed by atoms with Crippen LogP contribution in [0, 0.1) is 0 Å². The van der Waals surface area contributed by atoms with Crippen LogP contribution in [0.4, 0.5) is 5.82 Å². The van der Waals surface area contributed by atoms with Crippen molar-refractivity contribution in [3.05, 3.63) is 30.5 Å². The minimum Gasteiger partial charge on any atom is -0.497 e. The molecule has 1 fully saturated rings. The van der Waals surface area contributed by atoms with Gasteiger partial charge in [-0.1, -0.05) is 18.9 Å².